The number of likely N-dealkylation sites (N-methyl/N-ethyl adjacent to an activating group) is 1. The van der Waals surface area contributed by atoms with Crippen molar-refractivity contribution >= 4 is 0 Å². The molecule has 1 aliphatic heterocycles. The molecular weight excluding hydrogens is 274 g/mol. The lowest BCUT2D eigenvalue weighted by Gasteiger charge is -2.35. The highest BCUT2D eigenvalue weighted by molar-refractivity contribution is 5.44. The van der Waals surface area contributed by atoms with Gasteiger partial charge in [-0.2, -0.15) is 4.98 Å². The van der Waals surface area contributed by atoms with Crippen LogP contribution in [-0.4, -0.2) is 52.6 Å². The summed E-state index contributed by atoms with van der Waals surface area (Å²) in [5, 5.41) is 14.4. The van der Waals surface area contributed by atoms with Crippen LogP contribution in [0.5, 0.6) is 0 Å². The summed E-state index contributed by atoms with van der Waals surface area (Å²) in [6, 6.07) is 3.56. The number of aromatic nitrogens is 2. The minimum atomic E-state index is -0.698. The Labute approximate surface area is 122 Å². The maximum Gasteiger partial charge on any atom is 0.241 e. The molecule has 1 aliphatic rings. The Morgan fingerprint density at radius 2 is 2.19 bits per heavy atom. The second-order valence-corrected chi connectivity index (χ2v) is 5.50. The fraction of sp³-hybridized carbons (Fsp3) is 0.571. The first-order valence-electron chi connectivity index (χ1n) is 7.00. The molecule has 1 fully saturated rings. The van der Waals surface area contributed by atoms with E-state index in [1.807, 2.05) is 11.9 Å². The first-order valence-corrected chi connectivity index (χ1v) is 7.00. The summed E-state index contributed by atoms with van der Waals surface area (Å²) in [6.07, 6.45) is 2.87. The van der Waals surface area contributed by atoms with Crippen molar-refractivity contribution in [3.05, 3.63) is 24.3 Å². The summed E-state index contributed by atoms with van der Waals surface area (Å²) in [6.45, 7) is 2.24. The molecule has 0 atom stereocenters. The van der Waals surface area contributed by atoms with Gasteiger partial charge in [0.1, 0.15) is 0 Å². The molecule has 7 nitrogen and oxygen atoms in total. The Hall–Kier alpha value is -1.70. The minimum absolute atomic E-state index is 0.438. The molecule has 0 radical (unpaired) electrons. The van der Waals surface area contributed by atoms with E-state index in [1.54, 1.807) is 18.4 Å². The number of aliphatic hydroxyl groups is 1. The normalized spacial score (nSPS) is 18.2. The standard InChI is InChI=1S/C14H19N3O4/c1-17(10-14(18)4-7-19-8-5-14)9-12-15-13(16-21-12)11-3-2-6-20-11/h2-3,6,18H,4-5,7-10H2,1H3. The van der Waals surface area contributed by atoms with Crippen LogP contribution in [-0.2, 0) is 11.3 Å². The molecule has 0 aromatic carbocycles. The molecule has 3 rings (SSSR count). The highest BCUT2D eigenvalue weighted by atomic mass is 16.5. The van der Waals surface area contributed by atoms with Crippen LogP contribution in [0.4, 0.5) is 0 Å². The van der Waals surface area contributed by atoms with Gasteiger partial charge in [-0.1, -0.05) is 5.16 Å². The maximum atomic E-state index is 10.5. The van der Waals surface area contributed by atoms with Gasteiger partial charge in [-0.3, -0.25) is 4.90 Å². The van der Waals surface area contributed by atoms with E-state index in [2.05, 4.69) is 10.1 Å². The summed E-state index contributed by atoms with van der Waals surface area (Å²) in [7, 11) is 1.92. The van der Waals surface area contributed by atoms with Crippen molar-refractivity contribution < 1.29 is 18.8 Å². The summed E-state index contributed by atoms with van der Waals surface area (Å²) >= 11 is 0. The van der Waals surface area contributed by atoms with Crippen molar-refractivity contribution in [3.8, 4) is 11.6 Å². The molecule has 0 amide bonds. The predicted molar refractivity (Wildman–Crippen MR) is 73.3 cm³/mol. The van der Waals surface area contributed by atoms with Gasteiger partial charge in [0.05, 0.1) is 18.4 Å². The Bertz CT molecular complexity index is 561. The monoisotopic (exact) mass is 293 g/mol. The zero-order valence-corrected chi connectivity index (χ0v) is 12.0. The van der Waals surface area contributed by atoms with E-state index >= 15 is 0 Å². The van der Waals surface area contributed by atoms with Gasteiger partial charge in [-0.25, -0.2) is 0 Å². The number of rotatable bonds is 5. The topological polar surface area (TPSA) is 84.8 Å². The second-order valence-electron chi connectivity index (χ2n) is 5.50. The molecule has 0 spiro atoms. The molecule has 7 heteroatoms. The van der Waals surface area contributed by atoms with Crippen molar-refractivity contribution in [3.63, 3.8) is 0 Å². The third-order valence-electron chi connectivity index (χ3n) is 3.60. The largest absolute Gasteiger partial charge is 0.461 e. The highest BCUT2D eigenvalue weighted by Crippen LogP contribution is 2.22. The molecule has 2 aromatic heterocycles. The molecule has 0 saturated carbocycles. The number of ether oxygens (including phenoxy) is 1. The van der Waals surface area contributed by atoms with Crippen LogP contribution < -0.4 is 0 Å². The Morgan fingerprint density at radius 3 is 2.90 bits per heavy atom. The van der Waals surface area contributed by atoms with Crippen molar-refractivity contribution in [2.24, 2.45) is 0 Å². The zero-order valence-electron chi connectivity index (χ0n) is 12.0. The quantitative estimate of drug-likeness (QED) is 0.889. The number of furan rings is 1. The van der Waals surface area contributed by atoms with Crippen LogP contribution in [0.2, 0.25) is 0 Å². The molecule has 0 aliphatic carbocycles. The summed E-state index contributed by atoms with van der Waals surface area (Å²) in [5.41, 5.74) is -0.698. The average Bonchev–Trinajstić information content (AvgIpc) is 3.08. The van der Waals surface area contributed by atoms with E-state index in [4.69, 9.17) is 13.7 Å². The van der Waals surface area contributed by atoms with Crippen LogP contribution in [0.1, 0.15) is 18.7 Å². The van der Waals surface area contributed by atoms with Crippen molar-refractivity contribution in [2.75, 3.05) is 26.8 Å². The lowest BCUT2D eigenvalue weighted by atomic mass is 9.94. The van der Waals surface area contributed by atoms with Crippen molar-refractivity contribution in [1.82, 2.24) is 15.0 Å². The Morgan fingerprint density at radius 1 is 1.38 bits per heavy atom. The van der Waals surface area contributed by atoms with Gasteiger partial charge in [-0.05, 0) is 19.2 Å². The van der Waals surface area contributed by atoms with E-state index in [1.165, 1.54) is 0 Å². The summed E-state index contributed by atoms with van der Waals surface area (Å²) in [4.78, 5) is 6.27. The fourth-order valence-electron chi connectivity index (χ4n) is 2.52. The summed E-state index contributed by atoms with van der Waals surface area (Å²) in [5.74, 6) is 1.52. The molecule has 0 bridgehead atoms. The molecule has 114 valence electrons. The first-order chi connectivity index (χ1) is 10.1. The first kappa shape index (κ1) is 14.2. The van der Waals surface area contributed by atoms with E-state index in [9.17, 15) is 5.11 Å². The molecule has 1 N–H and O–H groups in total. The second kappa shape index (κ2) is 5.97. The lowest BCUT2D eigenvalue weighted by molar-refractivity contribution is -0.0784. The van der Waals surface area contributed by atoms with E-state index in [0.29, 0.717) is 56.6 Å². The predicted octanol–water partition coefficient (Wildman–Crippen LogP) is 1.30. The number of nitrogens with zero attached hydrogens (tertiary/aromatic N) is 3. The zero-order chi connectivity index (χ0) is 14.7. The smallest absolute Gasteiger partial charge is 0.241 e. The number of hydrogen-bond donors (Lipinski definition) is 1. The van der Waals surface area contributed by atoms with Crippen LogP contribution in [0.25, 0.3) is 11.6 Å². The Balaban J connectivity index is 1.58. The van der Waals surface area contributed by atoms with Gasteiger partial charge in [0.25, 0.3) is 0 Å². The van der Waals surface area contributed by atoms with Crippen LogP contribution in [0.3, 0.4) is 0 Å². The molecule has 21 heavy (non-hydrogen) atoms. The van der Waals surface area contributed by atoms with E-state index < -0.39 is 5.60 Å². The van der Waals surface area contributed by atoms with Gasteiger partial charge in [-0.15, -0.1) is 0 Å². The lowest BCUT2D eigenvalue weighted by Crippen LogP contribution is -2.45. The SMILES string of the molecule is CN(Cc1nc(-c2ccco2)no1)CC1(O)CCOCC1. The Kier molecular flexibility index (Phi) is 4.05. The van der Waals surface area contributed by atoms with Crippen LogP contribution in [0.15, 0.2) is 27.3 Å². The molecular formula is C14H19N3O4. The van der Waals surface area contributed by atoms with Crippen LogP contribution >= 0.6 is 0 Å². The van der Waals surface area contributed by atoms with Crippen molar-refractivity contribution in [1.29, 1.82) is 0 Å². The molecule has 1 saturated heterocycles. The third-order valence-corrected chi connectivity index (χ3v) is 3.60. The molecule has 2 aromatic rings. The van der Waals surface area contributed by atoms with E-state index in [-0.39, 0.29) is 0 Å². The van der Waals surface area contributed by atoms with Crippen molar-refractivity contribution in [2.45, 2.75) is 25.0 Å². The van der Waals surface area contributed by atoms with Gasteiger partial charge in [0.15, 0.2) is 5.76 Å². The van der Waals surface area contributed by atoms with Crippen LogP contribution in [0, 0.1) is 0 Å². The average molecular weight is 293 g/mol. The molecule has 0 unspecified atom stereocenters. The highest BCUT2D eigenvalue weighted by Gasteiger charge is 2.31. The van der Waals surface area contributed by atoms with Gasteiger partial charge >= 0.3 is 0 Å². The van der Waals surface area contributed by atoms with Gasteiger partial charge in [0, 0.05) is 32.6 Å². The molecule has 3 heterocycles. The van der Waals surface area contributed by atoms with E-state index in [0.717, 1.165) is 0 Å². The fourth-order valence-corrected chi connectivity index (χ4v) is 2.52. The minimum Gasteiger partial charge on any atom is -0.461 e. The summed E-state index contributed by atoms with van der Waals surface area (Å²) < 4.78 is 15.7. The van der Waals surface area contributed by atoms with Gasteiger partial charge in [0.2, 0.25) is 11.7 Å². The number of hydrogen-bond acceptors (Lipinski definition) is 7. The van der Waals surface area contributed by atoms with Gasteiger partial charge < -0.3 is 18.8 Å². The maximum absolute atomic E-state index is 10.5. The third kappa shape index (κ3) is 3.49.